The van der Waals surface area contributed by atoms with Crippen LogP contribution in [0.2, 0.25) is 0 Å². The van der Waals surface area contributed by atoms with Crippen LogP contribution >= 0.6 is 0 Å². The quantitative estimate of drug-likeness (QED) is 0.833. The van der Waals surface area contributed by atoms with E-state index < -0.39 is 0 Å². The Balaban J connectivity index is 1.83. The lowest BCUT2D eigenvalue weighted by atomic mass is 9.85. The molecule has 1 fully saturated rings. The van der Waals surface area contributed by atoms with E-state index in [-0.39, 0.29) is 5.56 Å². The van der Waals surface area contributed by atoms with Crippen LogP contribution < -0.4 is 11.3 Å². The molecule has 1 heterocycles. The van der Waals surface area contributed by atoms with Gasteiger partial charge in [0.25, 0.3) is 5.56 Å². The van der Waals surface area contributed by atoms with Gasteiger partial charge in [0.15, 0.2) is 0 Å². The predicted molar refractivity (Wildman–Crippen MR) is 70.0 cm³/mol. The first-order chi connectivity index (χ1) is 8.15. The van der Waals surface area contributed by atoms with Crippen LogP contribution in [0.3, 0.4) is 0 Å². The van der Waals surface area contributed by atoms with Crippen LogP contribution in [0.15, 0.2) is 23.1 Å². The van der Waals surface area contributed by atoms with Crippen molar-refractivity contribution in [3.05, 3.63) is 28.7 Å². The van der Waals surface area contributed by atoms with E-state index in [2.05, 4.69) is 11.9 Å². The van der Waals surface area contributed by atoms with Crippen LogP contribution in [0.5, 0.6) is 0 Å². The smallest absolute Gasteiger partial charge is 0.250 e. The molecule has 94 valence electrons. The molecule has 0 spiro atoms. The van der Waals surface area contributed by atoms with Gasteiger partial charge >= 0.3 is 0 Å². The third-order valence-corrected chi connectivity index (χ3v) is 3.52. The van der Waals surface area contributed by atoms with E-state index in [4.69, 9.17) is 5.73 Å². The minimum atomic E-state index is 0.0243. The highest BCUT2D eigenvalue weighted by molar-refractivity contribution is 5.33. The summed E-state index contributed by atoms with van der Waals surface area (Å²) < 4.78 is 1.69. The molecule has 0 unspecified atom stereocenters. The first-order valence-electron chi connectivity index (χ1n) is 6.29. The Kier molecular flexibility index (Phi) is 3.84. The van der Waals surface area contributed by atoms with Gasteiger partial charge in [0.05, 0.1) is 0 Å². The van der Waals surface area contributed by atoms with Gasteiger partial charge in [-0.2, -0.15) is 0 Å². The highest BCUT2D eigenvalue weighted by Crippen LogP contribution is 2.26. The van der Waals surface area contributed by atoms with Crippen molar-refractivity contribution >= 4 is 5.69 Å². The van der Waals surface area contributed by atoms with Gasteiger partial charge in [0, 0.05) is 37.6 Å². The molecule has 4 heteroatoms. The largest absolute Gasteiger partial charge is 0.398 e. The summed E-state index contributed by atoms with van der Waals surface area (Å²) in [5.74, 6) is 0.873. The molecule has 2 rings (SSSR count). The molecule has 2 N–H and O–H groups in total. The molecule has 0 radical (unpaired) electrons. The number of aromatic nitrogens is 1. The number of hydrogen-bond donors (Lipinski definition) is 1. The van der Waals surface area contributed by atoms with E-state index in [0.29, 0.717) is 12.2 Å². The van der Waals surface area contributed by atoms with Gasteiger partial charge in [0.2, 0.25) is 0 Å². The first-order valence-corrected chi connectivity index (χ1v) is 6.29. The van der Waals surface area contributed by atoms with Crippen molar-refractivity contribution in [2.75, 3.05) is 25.9 Å². The molecule has 1 saturated carbocycles. The minimum absolute atomic E-state index is 0.0243. The monoisotopic (exact) mass is 235 g/mol. The van der Waals surface area contributed by atoms with E-state index in [0.717, 1.165) is 19.0 Å². The molecular formula is C13H21N3O. The molecule has 1 aliphatic rings. The average Bonchev–Trinajstić information content (AvgIpc) is 2.25. The zero-order chi connectivity index (χ0) is 12.3. The number of nitrogens with two attached hydrogens (primary N) is 1. The maximum absolute atomic E-state index is 11.6. The molecule has 1 aliphatic carbocycles. The molecule has 0 saturated heterocycles. The fourth-order valence-corrected chi connectivity index (χ4v) is 2.21. The minimum Gasteiger partial charge on any atom is -0.398 e. The lowest BCUT2D eigenvalue weighted by molar-refractivity contribution is 0.200. The number of likely N-dealkylation sites (N-methyl/N-ethyl adjacent to an activating group) is 1. The van der Waals surface area contributed by atoms with Crippen LogP contribution in [-0.4, -0.2) is 29.6 Å². The normalized spacial score (nSPS) is 16.1. The summed E-state index contributed by atoms with van der Waals surface area (Å²) in [6.07, 6.45) is 5.83. The second-order valence-corrected chi connectivity index (χ2v) is 5.05. The van der Waals surface area contributed by atoms with Gasteiger partial charge in [-0.15, -0.1) is 0 Å². The summed E-state index contributed by atoms with van der Waals surface area (Å²) in [6.45, 7) is 2.77. The SMILES string of the molecule is CN(CCn1cc(N)ccc1=O)CC1CCC1. The summed E-state index contributed by atoms with van der Waals surface area (Å²) in [4.78, 5) is 13.9. The summed E-state index contributed by atoms with van der Waals surface area (Å²) in [5.41, 5.74) is 6.34. The van der Waals surface area contributed by atoms with Gasteiger partial charge in [-0.3, -0.25) is 4.79 Å². The molecule has 17 heavy (non-hydrogen) atoms. The van der Waals surface area contributed by atoms with Gasteiger partial charge in [-0.1, -0.05) is 6.42 Å². The zero-order valence-corrected chi connectivity index (χ0v) is 10.4. The lowest BCUT2D eigenvalue weighted by Crippen LogP contribution is -2.33. The number of hydrogen-bond acceptors (Lipinski definition) is 3. The Labute approximate surface area is 102 Å². The van der Waals surface area contributed by atoms with Gasteiger partial charge < -0.3 is 15.2 Å². The van der Waals surface area contributed by atoms with Crippen LogP contribution in [0.25, 0.3) is 0 Å². The number of nitrogen functional groups attached to an aromatic ring is 1. The number of pyridine rings is 1. The second-order valence-electron chi connectivity index (χ2n) is 5.05. The summed E-state index contributed by atoms with van der Waals surface area (Å²) >= 11 is 0. The number of rotatable bonds is 5. The van der Waals surface area contributed by atoms with E-state index in [1.165, 1.54) is 25.3 Å². The van der Waals surface area contributed by atoms with E-state index in [1.54, 1.807) is 16.8 Å². The van der Waals surface area contributed by atoms with Crippen molar-refractivity contribution in [3.8, 4) is 0 Å². The number of anilines is 1. The Morgan fingerprint density at radius 3 is 2.88 bits per heavy atom. The summed E-state index contributed by atoms with van der Waals surface area (Å²) in [6, 6.07) is 3.18. The fourth-order valence-electron chi connectivity index (χ4n) is 2.21. The van der Waals surface area contributed by atoms with Crippen molar-refractivity contribution in [1.29, 1.82) is 0 Å². The van der Waals surface area contributed by atoms with E-state index in [9.17, 15) is 4.79 Å². The van der Waals surface area contributed by atoms with Gasteiger partial charge in [-0.25, -0.2) is 0 Å². The van der Waals surface area contributed by atoms with Crippen LogP contribution in [0, 0.1) is 5.92 Å². The van der Waals surface area contributed by atoms with Gasteiger partial charge in [0.1, 0.15) is 0 Å². The molecule has 0 aromatic carbocycles. The molecule has 0 atom stereocenters. The Morgan fingerprint density at radius 2 is 2.24 bits per heavy atom. The molecule has 0 aliphatic heterocycles. The molecule has 1 aromatic heterocycles. The van der Waals surface area contributed by atoms with Gasteiger partial charge in [-0.05, 0) is 31.9 Å². The van der Waals surface area contributed by atoms with Crippen LogP contribution in [0.4, 0.5) is 5.69 Å². The third-order valence-electron chi connectivity index (χ3n) is 3.52. The summed E-state index contributed by atoms with van der Waals surface area (Å²) in [5, 5.41) is 0. The van der Waals surface area contributed by atoms with Crippen molar-refractivity contribution in [2.45, 2.75) is 25.8 Å². The molecular weight excluding hydrogens is 214 g/mol. The van der Waals surface area contributed by atoms with Crippen molar-refractivity contribution in [1.82, 2.24) is 9.47 Å². The average molecular weight is 235 g/mol. The standard InChI is InChI=1S/C13H21N3O/c1-15(9-11-3-2-4-11)7-8-16-10-12(14)5-6-13(16)17/h5-6,10-11H,2-4,7-9,14H2,1H3. The predicted octanol–water partition coefficient (Wildman–Crippen LogP) is 1.16. The Hall–Kier alpha value is -1.29. The molecule has 4 nitrogen and oxygen atoms in total. The Morgan fingerprint density at radius 1 is 1.47 bits per heavy atom. The van der Waals surface area contributed by atoms with Crippen molar-refractivity contribution in [3.63, 3.8) is 0 Å². The topological polar surface area (TPSA) is 51.3 Å². The number of nitrogens with zero attached hydrogens (tertiary/aromatic N) is 2. The lowest BCUT2D eigenvalue weighted by Gasteiger charge is -2.30. The molecule has 0 bridgehead atoms. The Bertz CT molecular complexity index is 423. The van der Waals surface area contributed by atoms with E-state index >= 15 is 0 Å². The van der Waals surface area contributed by atoms with Crippen LogP contribution in [0.1, 0.15) is 19.3 Å². The maximum Gasteiger partial charge on any atom is 0.250 e. The molecule has 0 amide bonds. The van der Waals surface area contributed by atoms with E-state index in [1.807, 2.05) is 0 Å². The fraction of sp³-hybridized carbons (Fsp3) is 0.615. The second kappa shape index (κ2) is 5.36. The van der Waals surface area contributed by atoms with Crippen molar-refractivity contribution in [2.24, 2.45) is 5.92 Å². The van der Waals surface area contributed by atoms with Crippen LogP contribution in [-0.2, 0) is 6.54 Å². The third kappa shape index (κ3) is 3.33. The highest BCUT2D eigenvalue weighted by Gasteiger charge is 2.18. The molecule has 1 aromatic rings. The maximum atomic E-state index is 11.6. The zero-order valence-electron chi connectivity index (χ0n) is 10.4. The van der Waals surface area contributed by atoms with Crippen molar-refractivity contribution < 1.29 is 0 Å². The first kappa shape index (κ1) is 12.2. The summed E-state index contributed by atoms with van der Waals surface area (Å²) in [7, 11) is 2.12. The highest BCUT2D eigenvalue weighted by atomic mass is 16.1.